The fourth-order valence-corrected chi connectivity index (χ4v) is 5.54. The Morgan fingerprint density at radius 3 is 2.10 bits per heavy atom. The van der Waals surface area contributed by atoms with E-state index < -0.39 is 0 Å². The Bertz CT molecular complexity index is 1480. The number of amides is 1. The van der Waals surface area contributed by atoms with Gasteiger partial charge in [-0.1, -0.05) is 36.2 Å². The Kier molecular flexibility index (Phi) is 8.07. The lowest BCUT2D eigenvalue weighted by atomic mass is 9.99. The van der Waals surface area contributed by atoms with Crippen LogP contribution in [0.5, 0.6) is 11.5 Å². The third kappa shape index (κ3) is 5.32. The van der Waals surface area contributed by atoms with Gasteiger partial charge in [0.1, 0.15) is 17.0 Å². The first kappa shape index (κ1) is 27.0. The van der Waals surface area contributed by atoms with Crippen LogP contribution in [-0.2, 0) is 0 Å². The van der Waals surface area contributed by atoms with E-state index >= 15 is 0 Å². The van der Waals surface area contributed by atoms with Crippen molar-refractivity contribution in [3.63, 3.8) is 0 Å². The first-order chi connectivity index (χ1) is 18.9. The molecule has 5 rings (SSSR count). The highest BCUT2D eigenvalue weighted by Crippen LogP contribution is 2.47. The number of rotatable bonds is 7. The predicted molar refractivity (Wildman–Crippen MR) is 157 cm³/mol. The molecule has 1 N–H and O–H groups in total. The summed E-state index contributed by atoms with van der Waals surface area (Å²) < 4.78 is 10.9. The van der Waals surface area contributed by atoms with Crippen LogP contribution < -0.4 is 19.7 Å². The van der Waals surface area contributed by atoms with E-state index in [4.69, 9.17) is 32.7 Å². The van der Waals surface area contributed by atoms with E-state index in [-0.39, 0.29) is 5.91 Å². The highest BCUT2D eigenvalue weighted by Gasteiger charge is 2.23. The molecule has 0 spiro atoms. The second-order valence-electron chi connectivity index (χ2n) is 9.12. The SMILES string of the molecule is CCN1CCN(c2ccc(NC(=O)c3ccc(-c4c(Cl)c(OC)cc(OC)c4Cl)c4nccnc34)cc2)CC1. The van der Waals surface area contributed by atoms with E-state index in [9.17, 15) is 4.79 Å². The first-order valence-electron chi connectivity index (χ1n) is 12.7. The van der Waals surface area contributed by atoms with Crippen molar-refractivity contribution in [3.8, 4) is 22.6 Å². The number of ether oxygens (including phenoxy) is 2. The van der Waals surface area contributed by atoms with Gasteiger partial charge in [0.15, 0.2) is 0 Å². The molecular formula is C29H29Cl2N5O3. The van der Waals surface area contributed by atoms with Gasteiger partial charge in [-0.15, -0.1) is 0 Å². The molecule has 8 nitrogen and oxygen atoms in total. The minimum atomic E-state index is -0.295. The fraction of sp³-hybridized carbons (Fsp3) is 0.276. The number of hydrogen-bond donors (Lipinski definition) is 1. The normalized spacial score (nSPS) is 13.9. The number of nitrogens with zero attached hydrogens (tertiary/aromatic N) is 4. The predicted octanol–water partition coefficient (Wildman–Crippen LogP) is 6.02. The number of fused-ring (bicyclic) bond motifs is 1. The molecule has 4 aromatic rings. The number of benzene rings is 3. The Morgan fingerprint density at radius 2 is 1.51 bits per heavy atom. The highest BCUT2D eigenvalue weighted by atomic mass is 35.5. The molecule has 202 valence electrons. The van der Waals surface area contributed by atoms with Crippen LogP contribution in [0.2, 0.25) is 10.0 Å². The van der Waals surface area contributed by atoms with E-state index in [2.05, 4.69) is 32.0 Å². The molecule has 1 amide bonds. The molecule has 0 aliphatic carbocycles. The van der Waals surface area contributed by atoms with Crippen LogP contribution in [0.15, 0.2) is 54.9 Å². The summed E-state index contributed by atoms with van der Waals surface area (Å²) in [5.74, 6) is 0.515. The molecule has 1 saturated heterocycles. The van der Waals surface area contributed by atoms with Crippen LogP contribution in [-0.4, -0.2) is 67.7 Å². The van der Waals surface area contributed by atoms with Gasteiger partial charge in [0, 0.05) is 67.1 Å². The van der Waals surface area contributed by atoms with E-state index in [1.54, 1.807) is 30.6 Å². The van der Waals surface area contributed by atoms with Crippen LogP contribution in [0.4, 0.5) is 11.4 Å². The summed E-state index contributed by atoms with van der Waals surface area (Å²) in [4.78, 5) is 27.2. The Hall–Kier alpha value is -3.59. The summed E-state index contributed by atoms with van der Waals surface area (Å²) in [6.45, 7) is 7.35. The van der Waals surface area contributed by atoms with Crippen molar-refractivity contribution < 1.29 is 14.3 Å². The van der Waals surface area contributed by atoms with Crippen molar-refractivity contribution in [2.45, 2.75) is 6.92 Å². The molecule has 1 aromatic heterocycles. The van der Waals surface area contributed by atoms with Crippen molar-refractivity contribution in [3.05, 3.63) is 70.5 Å². The maximum Gasteiger partial charge on any atom is 0.257 e. The van der Waals surface area contributed by atoms with Crippen LogP contribution in [0.25, 0.3) is 22.2 Å². The zero-order valence-electron chi connectivity index (χ0n) is 22.0. The fourth-order valence-electron chi connectivity index (χ4n) is 4.84. The van der Waals surface area contributed by atoms with Gasteiger partial charge in [0.2, 0.25) is 0 Å². The molecule has 2 heterocycles. The Labute approximate surface area is 237 Å². The van der Waals surface area contributed by atoms with Crippen LogP contribution in [0, 0.1) is 0 Å². The second kappa shape index (κ2) is 11.7. The first-order valence-corrected chi connectivity index (χ1v) is 13.4. The third-order valence-electron chi connectivity index (χ3n) is 7.02. The molecule has 0 saturated carbocycles. The maximum absolute atomic E-state index is 13.4. The highest BCUT2D eigenvalue weighted by molar-refractivity contribution is 6.41. The van der Waals surface area contributed by atoms with E-state index in [0.29, 0.717) is 55.0 Å². The lowest BCUT2D eigenvalue weighted by Gasteiger charge is -2.35. The minimum Gasteiger partial charge on any atom is -0.495 e. The molecule has 1 aliphatic heterocycles. The van der Waals surface area contributed by atoms with Gasteiger partial charge >= 0.3 is 0 Å². The topological polar surface area (TPSA) is 79.8 Å². The molecule has 1 fully saturated rings. The standard InChI is InChI=1S/C29H29Cl2N5O3/c1-4-35-13-15-36(16-14-35)19-7-5-18(6-8-19)34-29(37)21-10-9-20(27-28(21)33-12-11-32-27)24-25(30)22(38-2)17-23(39-3)26(24)31/h5-12,17H,4,13-16H2,1-3H3,(H,34,37). The summed E-state index contributed by atoms with van der Waals surface area (Å²) in [6, 6.07) is 13.0. The number of carbonyl (C=O) groups is 1. The van der Waals surface area contributed by atoms with Crippen LogP contribution in [0.1, 0.15) is 17.3 Å². The molecule has 0 unspecified atom stereocenters. The summed E-state index contributed by atoms with van der Waals surface area (Å²) in [6.07, 6.45) is 3.11. The summed E-state index contributed by atoms with van der Waals surface area (Å²) >= 11 is 13.3. The lowest BCUT2D eigenvalue weighted by Crippen LogP contribution is -2.46. The molecule has 1 aliphatic rings. The monoisotopic (exact) mass is 565 g/mol. The van der Waals surface area contributed by atoms with Gasteiger partial charge in [0.05, 0.1) is 35.3 Å². The van der Waals surface area contributed by atoms with E-state index in [1.165, 1.54) is 14.2 Å². The van der Waals surface area contributed by atoms with Gasteiger partial charge in [0.25, 0.3) is 5.91 Å². The lowest BCUT2D eigenvalue weighted by molar-refractivity contribution is 0.102. The number of methoxy groups -OCH3 is 2. The molecule has 39 heavy (non-hydrogen) atoms. The largest absolute Gasteiger partial charge is 0.495 e. The van der Waals surface area contributed by atoms with Crippen molar-refractivity contribution in [1.82, 2.24) is 14.9 Å². The average molecular weight is 566 g/mol. The summed E-state index contributed by atoms with van der Waals surface area (Å²) in [5, 5.41) is 3.61. The van der Waals surface area contributed by atoms with Gasteiger partial charge < -0.3 is 24.6 Å². The number of anilines is 2. The molecule has 0 atom stereocenters. The molecule has 3 aromatic carbocycles. The zero-order chi connectivity index (χ0) is 27.5. The van der Waals surface area contributed by atoms with Gasteiger partial charge in [-0.25, -0.2) is 0 Å². The minimum absolute atomic E-state index is 0.295. The number of likely N-dealkylation sites (N-methyl/N-ethyl adjacent to an activating group) is 1. The van der Waals surface area contributed by atoms with Gasteiger partial charge in [-0.3, -0.25) is 14.8 Å². The van der Waals surface area contributed by atoms with Crippen molar-refractivity contribution >= 4 is 51.5 Å². The number of carbonyl (C=O) groups excluding carboxylic acids is 1. The molecule has 10 heteroatoms. The number of aromatic nitrogens is 2. The quantitative estimate of drug-likeness (QED) is 0.293. The second-order valence-corrected chi connectivity index (χ2v) is 9.88. The van der Waals surface area contributed by atoms with E-state index in [0.717, 1.165) is 38.4 Å². The maximum atomic E-state index is 13.4. The zero-order valence-corrected chi connectivity index (χ0v) is 23.5. The number of nitrogens with one attached hydrogen (secondary N) is 1. The summed E-state index contributed by atoms with van der Waals surface area (Å²) in [5.41, 5.74) is 4.21. The Morgan fingerprint density at radius 1 is 0.897 bits per heavy atom. The number of piperazine rings is 1. The van der Waals surface area contributed by atoms with Crippen molar-refractivity contribution in [2.24, 2.45) is 0 Å². The number of halogens is 2. The summed E-state index contributed by atoms with van der Waals surface area (Å²) in [7, 11) is 3.03. The Balaban J connectivity index is 1.44. The smallest absolute Gasteiger partial charge is 0.257 e. The number of hydrogen-bond acceptors (Lipinski definition) is 7. The van der Waals surface area contributed by atoms with Crippen LogP contribution >= 0.6 is 23.2 Å². The average Bonchev–Trinajstić information content (AvgIpc) is 2.98. The molecular weight excluding hydrogens is 537 g/mol. The molecule has 0 bridgehead atoms. The van der Waals surface area contributed by atoms with Gasteiger partial charge in [-0.05, 0) is 36.9 Å². The third-order valence-corrected chi connectivity index (χ3v) is 7.77. The molecule has 0 radical (unpaired) electrons. The van der Waals surface area contributed by atoms with Gasteiger partial charge in [-0.2, -0.15) is 0 Å². The van der Waals surface area contributed by atoms with Crippen molar-refractivity contribution in [2.75, 3.05) is 57.2 Å². The van der Waals surface area contributed by atoms with Crippen molar-refractivity contribution in [1.29, 1.82) is 0 Å². The van der Waals surface area contributed by atoms with Crippen LogP contribution in [0.3, 0.4) is 0 Å². The van der Waals surface area contributed by atoms with E-state index in [1.807, 2.05) is 24.3 Å².